The maximum atomic E-state index is 13.7. The summed E-state index contributed by atoms with van der Waals surface area (Å²) in [5.41, 5.74) is -0.569. The first-order valence-corrected chi connectivity index (χ1v) is 9.31. The quantitative estimate of drug-likeness (QED) is 0.901. The van der Waals surface area contributed by atoms with Crippen molar-refractivity contribution in [2.45, 2.75) is 50.2 Å². The van der Waals surface area contributed by atoms with Gasteiger partial charge in [0, 0.05) is 19.1 Å². The molecule has 134 valence electrons. The average molecular weight is 358 g/mol. The second-order valence-electron chi connectivity index (χ2n) is 6.79. The minimum absolute atomic E-state index is 0.340. The van der Waals surface area contributed by atoms with Crippen LogP contribution in [0.3, 0.4) is 0 Å². The number of hydrogen-bond donors (Lipinski definition) is 1. The SMILES string of the molecule is CC(C)(C)OC(=O)N1CCC(NS(=O)(=O)c2ccccc2F)CC1. The average Bonchev–Trinajstić information content (AvgIpc) is 2.46. The summed E-state index contributed by atoms with van der Waals surface area (Å²) in [5.74, 6) is -0.781. The maximum Gasteiger partial charge on any atom is 0.410 e. The summed E-state index contributed by atoms with van der Waals surface area (Å²) in [6.07, 6.45) is 0.498. The summed E-state index contributed by atoms with van der Waals surface area (Å²) in [4.78, 5) is 13.2. The number of likely N-dealkylation sites (tertiary alicyclic amines) is 1. The molecule has 1 heterocycles. The van der Waals surface area contributed by atoms with Crippen LogP contribution in [0.5, 0.6) is 0 Å². The number of ether oxygens (including phenoxy) is 1. The number of carbonyl (C=O) groups excluding carboxylic acids is 1. The van der Waals surface area contributed by atoms with Crippen molar-refractivity contribution >= 4 is 16.1 Å². The number of carbonyl (C=O) groups is 1. The lowest BCUT2D eigenvalue weighted by Gasteiger charge is -2.33. The first kappa shape index (κ1) is 18.7. The van der Waals surface area contributed by atoms with Gasteiger partial charge in [0.1, 0.15) is 16.3 Å². The van der Waals surface area contributed by atoms with Gasteiger partial charge in [0.2, 0.25) is 10.0 Å². The third-order valence-electron chi connectivity index (χ3n) is 3.59. The lowest BCUT2D eigenvalue weighted by Crippen LogP contribution is -2.47. The Morgan fingerprint density at radius 2 is 1.83 bits per heavy atom. The Kier molecular flexibility index (Phi) is 5.49. The van der Waals surface area contributed by atoms with Crippen molar-refractivity contribution in [1.82, 2.24) is 9.62 Å². The van der Waals surface area contributed by atoms with E-state index in [2.05, 4.69) is 4.72 Å². The largest absolute Gasteiger partial charge is 0.444 e. The molecule has 1 amide bonds. The topological polar surface area (TPSA) is 75.7 Å². The molecule has 0 saturated carbocycles. The third kappa shape index (κ3) is 4.91. The number of halogens is 1. The third-order valence-corrected chi connectivity index (χ3v) is 5.15. The van der Waals surface area contributed by atoms with Gasteiger partial charge in [-0.1, -0.05) is 12.1 Å². The van der Waals surface area contributed by atoms with Crippen LogP contribution >= 0.6 is 0 Å². The molecular formula is C16H23FN2O4S. The lowest BCUT2D eigenvalue weighted by molar-refractivity contribution is 0.0203. The molecule has 1 aromatic rings. The molecule has 24 heavy (non-hydrogen) atoms. The number of hydrogen-bond acceptors (Lipinski definition) is 4. The Hall–Kier alpha value is -1.67. The van der Waals surface area contributed by atoms with E-state index in [1.54, 1.807) is 25.7 Å². The zero-order valence-corrected chi connectivity index (χ0v) is 14.9. The van der Waals surface area contributed by atoms with E-state index < -0.39 is 27.5 Å². The van der Waals surface area contributed by atoms with Crippen LogP contribution in [0.4, 0.5) is 9.18 Å². The van der Waals surface area contributed by atoms with E-state index in [4.69, 9.17) is 4.74 Å². The highest BCUT2D eigenvalue weighted by Gasteiger charge is 2.29. The van der Waals surface area contributed by atoms with Gasteiger partial charge in [0.15, 0.2) is 0 Å². The molecule has 0 aliphatic carbocycles. The summed E-state index contributed by atoms with van der Waals surface area (Å²) in [5, 5.41) is 0. The van der Waals surface area contributed by atoms with Gasteiger partial charge in [-0.05, 0) is 45.7 Å². The fourth-order valence-corrected chi connectivity index (χ4v) is 3.84. The number of benzene rings is 1. The molecule has 1 N–H and O–H groups in total. The van der Waals surface area contributed by atoms with Gasteiger partial charge in [0.25, 0.3) is 0 Å². The molecular weight excluding hydrogens is 335 g/mol. The van der Waals surface area contributed by atoms with E-state index in [1.807, 2.05) is 0 Å². The zero-order valence-electron chi connectivity index (χ0n) is 14.1. The molecule has 0 radical (unpaired) electrons. The lowest BCUT2D eigenvalue weighted by atomic mass is 10.1. The van der Waals surface area contributed by atoms with Gasteiger partial charge in [-0.3, -0.25) is 0 Å². The molecule has 0 spiro atoms. The Morgan fingerprint density at radius 3 is 2.38 bits per heavy atom. The molecule has 1 saturated heterocycles. The highest BCUT2D eigenvalue weighted by atomic mass is 32.2. The molecule has 1 aliphatic rings. The monoisotopic (exact) mass is 358 g/mol. The number of nitrogens with zero attached hydrogens (tertiary/aromatic N) is 1. The van der Waals surface area contributed by atoms with Crippen molar-refractivity contribution in [3.63, 3.8) is 0 Å². The van der Waals surface area contributed by atoms with E-state index in [1.165, 1.54) is 18.2 Å². The molecule has 1 fully saturated rings. The van der Waals surface area contributed by atoms with Gasteiger partial charge < -0.3 is 9.64 Å². The summed E-state index contributed by atoms with van der Waals surface area (Å²) < 4.78 is 46.0. The van der Waals surface area contributed by atoms with Crippen molar-refractivity contribution in [3.8, 4) is 0 Å². The second kappa shape index (κ2) is 7.06. The Bertz CT molecular complexity index is 692. The number of amides is 1. The van der Waals surface area contributed by atoms with Crippen LogP contribution in [0.2, 0.25) is 0 Å². The number of nitrogens with one attached hydrogen (secondary N) is 1. The van der Waals surface area contributed by atoms with Crippen LogP contribution < -0.4 is 4.72 Å². The predicted octanol–water partition coefficient (Wildman–Crippen LogP) is 2.50. The van der Waals surface area contributed by atoms with Crippen molar-refractivity contribution in [3.05, 3.63) is 30.1 Å². The van der Waals surface area contributed by atoms with E-state index in [-0.39, 0.29) is 10.9 Å². The molecule has 1 aliphatic heterocycles. The van der Waals surface area contributed by atoms with Crippen molar-refractivity contribution in [1.29, 1.82) is 0 Å². The first-order chi connectivity index (χ1) is 11.1. The van der Waals surface area contributed by atoms with Gasteiger partial charge in [-0.15, -0.1) is 0 Å². The number of sulfonamides is 1. The molecule has 2 rings (SSSR count). The second-order valence-corrected chi connectivity index (χ2v) is 8.48. The molecule has 0 aromatic heterocycles. The van der Waals surface area contributed by atoms with E-state index in [0.717, 1.165) is 6.07 Å². The van der Waals surface area contributed by atoms with Gasteiger partial charge in [0.05, 0.1) is 0 Å². The summed E-state index contributed by atoms with van der Waals surface area (Å²) >= 11 is 0. The fraction of sp³-hybridized carbons (Fsp3) is 0.562. The van der Waals surface area contributed by atoms with Crippen molar-refractivity contribution in [2.75, 3.05) is 13.1 Å². The first-order valence-electron chi connectivity index (χ1n) is 7.83. The highest BCUT2D eigenvalue weighted by Crippen LogP contribution is 2.19. The maximum absolute atomic E-state index is 13.7. The van der Waals surface area contributed by atoms with E-state index in [9.17, 15) is 17.6 Å². The number of piperidine rings is 1. The van der Waals surface area contributed by atoms with E-state index in [0.29, 0.717) is 25.9 Å². The molecule has 0 atom stereocenters. The van der Waals surface area contributed by atoms with Crippen LogP contribution in [0.15, 0.2) is 29.2 Å². The summed E-state index contributed by atoms with van der Waals surface area (Å²) in [6.45, 7) is 6.15. The van der Waals surface area contributed by atoms with Crippen molar-refractivity contribution < 1.29 is 22.3 Å². The van der Waals surface area contributed by atoms with Gasteiger partial charge >= 0.3 is 6.09 Å². The van der Waals surface area contributed by atoms with Crippen LogP contribution in [-0.2, 0) is 14.8 Å². The van der Waals surface area contributed by atoms with Crippen LogP contribution in [0.1, 0.15) is 33.6 Å². The predicted molar refractivity (Wildman–Crippen MR) is 87.6 cm³/mol. The minimum Gasteiger partial charge on any atom is -0.444 e. The molecule has 1 aromatic carbocycles. The Morgan fingerprint density at radius 1 is 1.25 bits per heavy atom. The van der Waals surface area contributed by atoms with Crippen LogP contribution in [-0.4, -0.2) is 44.1 Å². The minimum atomic E-state index is -3.92. The normalized spacial score (nSPS) is 16.9. The van der Waals surface area contributed by atoms with Crippen LogP contribution in [0.25, 0.3) is 0 Å². The zero-order chi connectivity index (χ0) is 18.0. The standard InChI is InChI=1S/C16H23FN2O4S/c1-16(2,3)23-15(20)19-10-8-12(9-11-19)18-24(21,22)14-7-5-4-6-13(14)17/h4-7,12,18H,8-11H2,1-3H3. The smallest absolute Gasteiger partial charge is 0.410 e. The molecule has 0 bridgehead atoms. The van der Waals surface area contributed by atoms with Gasteiger partial charge in [-0.2, -0.15) is 0 Å². The summed E-state index contributed by atoms with van der Waals surface area (Å²) in [7, 11) is -3.92. The molecule has 6 nitrogen and oxygen atoms in total. The van der Waals surface area contributed by atoms with Crippen LogP contribution in [0, 0.1) is 5.82 Å². The highest BCUT2D eigenvalue weighted by molar-refractivity contribution is 7.89. The molecule has 8 heteroatoms. The van der Waals surface area contributed by atoms with Gasteiger partial charge in [-0.25, -0.2) is 22.3 Å². The Balaban J connectivity index is 1.94. The summed E-state index contributed by atoms with van der Waals surface area (Å²) in [6, 6.07) is 4.91. The van der Waals surface area contributed by atoms with E-state index >= 15 is 0 Å². The van der Waals surface area contributed by atoms with Crippen molar-refractivity contribution in [2.24, 2.45) is 0 Å². The molecule has 0 unspecified atom stereocenters. The fourth-order valence-electron chi connectivity index (χ4n) is 2.45. The number of rotatable bonds is 3. The Labute approximate surface area is 142 Å².